The minimum atomic E-state index is -0.167. The SMILES string of the molecule is CCOC(=O)[C@H]1CCCN(CC(=O)N2N=C(c3ccc(C)c(C)c3)C[C@H]2c2cc(C)ccc2C)C1. The highest BCUT2D eigenvalue weighted by atomic mass is 16.5. The van der Waals surface area contributed by atoms with E-state index in [4.69, 9.17) is 9.84 Å². The first-order valence-electron chi connectivity index (χ1n) is 12.7. The van der Waals surface area contributed by atoms with Crippen LogP contribution in [0.2, 0.25) is 0 Å². The molecule has 2 aromatic carbocycles. The number of amides is 1. The van der Waals surface area contributed by atoms with Gasteiger partial charge in [0.2, 0.25) is 0 Å². The summed E-state index contributed by atoms with van der Waals surface area (Å²) in [5.74, 6) is -0.354. The molecule has 0 spiro atoms. The second-order valence-electron chi connectivity index (χ2n) is 9.99. The van der Waals surface area contributed by atoms with Gasteiger partial charge in [0.1, 0.15) is 0 Å². The van der Waals surface area contributed by atoms with Gasteiger partial charge in [0.05, 0.1) is 30.8 Å². The van der Waals surface area contributed by atoms with Crippen molar-refractivity contribution in [1.82, 2.24) is 9.91 Å². The van der Waals surface area contributed by atoms with Gasteiger partial charge in [-0.1, -0.05) is 35.9 Å². The molecule has 0 radical (unpaired) electrons. The molecule has 0 unspecified atom stereocenters. The van der Waals surface area contributed by atoms with Gasteiger partial charge in [0.15, 0.2) is 0 Å². The number of carbonyl (C=O) groups excluding carboxylic acids is 2. The predicted molar refractivity (Wildman–Crippen MR) is 138 cm³/mol. The lowest BCUT2D eigenvalue weighted by atomic mass is 9.93. The number of hydrogen-bond acceptors (Lipinski definition) is 5. The monoisotopic (exact) mass is 475 g/mol. The molecule has 4 rings (SSSR count). The third-order valence-corrected chi connectivity index (χ3v) is 7.28. The Kier molecular flexibility index (Phi) is 7.70. The van der Waals surface area contributed by atoms with Crippen LogP contribution in [0.15, 0.2) is 41.5 Å². The molecular weight excluding hydrogens is 438 g/mol. The summed E-state index contributed by atoms with van der Waals surface area (Å²) in [5.41, 5.74) is 7.95. The first kappa shape index (κ1) is 25.1. The maximum absolute atomic E-state index is 13.7. The molecule has 2 aliphatic heterocycles. The number of rotatable bonds is 6. The number of piperidine rings is 1. The van der Waals surface area contributed by atoms with Crippen molar-refractivity contribution in [2.75, 3.05) is 26.2 Å². The van der Waals surface area contributed by atoms with Gasteiger partial charge in [-0.25, -0.2) is 5.01 Å². The largest absolute Gasteiger partial charge is 0.466 e. The van der Waals surface area contributed by atoms with E-state index in [1.54, 1.807) is 5.01 Å². The molecule has 0 aliphatic carbocycles. The molecule has 0 N–H and O–H groups in total. The van der Waals surface area contributed by atoms with Gasteiger partial charge in [0, 0.05) is 13.0 Å². The van der Waals surface area contributed by atoms with Crippen LogP contribution < -0.4 is 0 Å². The molecule has 1 saturated heterocycles. The number of hydrazone groups is 1. The molecule has 2 heterocycles. The molecule has 35 heavy (non-hydrogen) atoms. The molecule has 0 bridgehead atoms. The third-order valence-electron chi connectivity index (χ3n) is 7.28. The van der Waals surface area contributed by atoms with Gasteiger partial charge in [-0.15, -0.1) is 0 Å². The summed E-state index contributed by atoms with van der Waals surface area (Å²) in [5, 5.41) is 6.58. The summed E-state index contributed by atoms with van der Waals surface area (Å²) in [4.78, 5) is 28.0. The fourth-order valence-electron chi connectivity index (χ4n) is 5.11. The topological polar surface area (TPSA) is 62.2 Å². The average molecular weight is 476 g/mol. The number of carbonyl (C=O) groups is 2. The van der Waals surface area contributed by atoms with Gasteiger partial charge < -0.3 is 4.74 Å². The molecule has 6 nitrogen and oxygen atoms in total. The summed E-state index contributed by atoms with van der Waals surface area (Å²) in [7, 11) is 0. The highest BCUT2D eigenvalue weighted by molar-refractivity contribution is 6.03. The fourth-order valence-corrected chi connectivity index (χ4v) is 5.11. The molecule has 2 aliphatic rings. The highest BCUT2D eigenvalue weighted by Gasteiger charge is 2.36. The Labute approximate surface area is 209 Å². The van der Waals surface area contributed by atoms with Crippen LogP contribution in [-0.4, -0.2) is 53.7 Å². The van der Waals surface area contributed by atoms with Crippen molar-refractivity contribution in [2.24, 2.45) is 11.0 Å². The normalized spacial score (nSPS) is 20.6. The molecule has 1 fully saturated rings. The molecule has 186 valence electrons. The van der Waals surface area contributed by atoms with Gasteiger partial charge in [-0.2, -0.15) is 5.10 Å². The summed E-state index contributed by atoms with van der Waals surface area (Å²) >= 11 is 0. The van der Waals surface area contributed by atoms with Crippen LogP contribution in [-0.2, 0) is 14.3 Å². The van der Waals surface area contributed by atoms with E-state index in [0.717, 1.165) is 41.8 Å². The molecule has 6 heteroatoms. The third kappa shape index (κ3) is 5.64. The minimum Gasteiger partial charge on any atom is -0.466 e. The Balaban J connectivity index is 1.59. The zero-order valence-electron chi connectivity index (χ0n) is 21.6. The summed E-state index contributed by atoms with van der Waals surface area (Å²) in [6.45, 7) is 12.2. The lowest BCUT2D eigenvalue weighted by Gasteiger charge is -2.32. The minimum absolute atomic E-state index is 0.0285. The van der Waals surface area contributed by atoms with Crippen LogP contribution in [0.1, 0.15) is 65.6 Å². The number of benzene rings is 2. The fraction of sp³-hybridized carbons (Fsp3) is 0.483. The van der Waals surface area contributed by atoms with E-state index in [9.17, 15) is 9.59 Å². The van der Waals surface area contributed by atoms with E-state index in [-0.39, 0.29) is 30.4 Å². The van der Waals surface area contributed by atoms with Crippen LogP contribution >= 0.6 is 0 Å². The highest BCUT2D eigenvalue weighted by Crippen LogP contribution is 2.35. The molecule has 1 amide bonds. The second kappa shape index (κ2) is 10.7. The first-order chi connectivity index (χ1) is 16.8. The standard InChI is InChI=1S/C29H37N3O3/c1-6-35-29(34)24-8-7-13-31(17-24)18-28(33)32-27(25-14-19(2)9-10-21(25)4)16-26(30-32)23-12-11-20(3)22(5)15-23/h9-12,14-15,24,27H,6-8,13,16-18H2,1-5H3/t24-,27-/m0/s1. The number of esters is 1. The number of nitrogens with zero attached hydrogens (tertiary/aromatic N) is 3. The second-order valence-corrected chi connectivity index (χ2v) is 9.99. The van der Waals surface area contributed by atoms with Crippen LogP contribution in [0.4, 0.5) is 0 Å². The quantitative estimate of drug-likeness (QED) is 0.559. The number of aryl methyl sites for hydroxylation is 4. The molecule has 2 atom stereocenters. The zero-order valence-corrected chi connectivity index (χ0v) is 21.6. The summed E-state index contributed by atoms with van der Waals surface area (Å²) in [6, 6.07) is 12.7. The van der Waals surface area contributed by atoms with Crippen molar-refractivity contribution >= 4 is 17.6 Å². The maximum Gasteiger partial charge on any atom is 0.310 e. The van der Waals surface area contributed by atoms with Gasteiger partial charge >= 0.3 is 5.97 Å². The Morgan fingerprint density at radius 3 is 2.54 bits per heavy atom. The van der Waals surface area contributed by atoms with E-state index >= 15 is 0 Å². The summed E-state index contributed by atoms with van der Waals surface area (Å²) < 4.78 is 5.23. The van der Waals surface area contributed by atoms with Gasteiger partial charge in [0.25, 0.3) is 5.91 Å². The number of likely N-dealkylation sites (tertiary alicyclic amines) is 1. The number of hydrogen-bond donors (Lipinski definition) is 0. The van der Waals surface area contributed by atoms with Gasteiger partial charge in [-0.05, 0) is 87.9 Å². The molecule has 0 saturated carbocycles. The molecule has 0 aromatic heterocycles. The van der Waals surface area contributed by atoms with E-state index in [0.29, 0.717) is 19.6 Å². The Morgan fingerprint density at radius 1 is 1.03 bits per heavy atom. The Hall–Kier alpha value is -2.99. The van der Waals surface area contributed by atoms with Crippen LogP contribution in [0, 0.1) is 33.6 Å². The van der Waals surface area contributed by atoms with Crippen LogP contribution in [0.3, 0.4) is 0 Å². The lowest BCUT2D eigenvalue weighted by molar-refractivity contribution is -0.150. The van der Waals surface area contributed by atoms with Crippen LogP contribution in [0.5, 0.6) is 0 Å². The van der Waals surface area contributed by atoms with E-state index in [2.05, 4.69) is 69.0 Å². The maximum atomic E-state index is 13.7. The van der Waals surface area contributed by atoms with Gasteiger partial charge in [-0.3, -0.25) is 14.5 Å². The van der Waals surface area contributed by atoms with E-state index < -0.39 is 0 Å². The Morgan fingerprint density at radius 2 is 1.80 bits per heavy atom. The van der Waals surface area contributed by atoms with Crippen molar-refractivity contribution < 1.29 is 14.3 Å². The summed E-state index contributed by atoms with van der Waals surface area (Å²) in [6.07, 6.45) is 2.38. The van der Waals surface area contributed by atoms with Crippen molar-refractivity contribution in [3.63, 3.8) is 0 Å². The van der Waals surface area contributed by atoms with E-state index in [1.165, 1.54) is 16.7 Å². The molecular formula is C29H37N3O3. The average Bonchev–Trinajstić information content (AvgIpc) is 3.28. The number of ether oxygens (including phenoxy) is 1. The molecule has 2 aromatic rings. The zero-order chi connectivity index (χ0) is 25.1. The van der Waals surface area contributed by atoms with Crippen molar-refractivity contribution in [3.05, 3.63) is 69.8 Å². The predicted octanol–water partition coefficient (Wildman–Crippen LogP) is 4.87. The first-order valence-corrected chi connectivity index (χ1v) is 12.7. The lowest BCUT2D eigenvalue weighted by Crippen LogP contribution is -2.44. The smallest absolute Gasteiger partial charge is 0.310 e. The van der Waals surface area contributed by atoms with Crippen LogP contribution in [0.25, 0.3) is 0 Å². The van der Waals surface area contributed by atoms with Crippen molar-refractivity contribution in [1.29, 1.82) is 0 Å². The van der Waals surface area contributed by atoms with Crippen molar-refractivity contribution in [2.45, 2.75) is 59.9 Å². The van der Waals surface area contributed by atoms with Crippen molar-refractivity contribution in [3.8, 4) is 0 Å². The van der Waals surface area contributed by atoms with E-state index in [1.807, 2.05) is 6.92 Å². The Bertz CT molecular complexity index is 1140.